The normalized spacial score (nSPS) is 10.4. The summed E-state index contributed by atoms with van der Waals surface area (Å²) in [7, 11) is 1.31. The Kier molecular flexibility index (Phi) is 4.94. The van der Waals surface area contributed by atoms with Crippen LogP contribution in [-0.2, 0) is 4.74 Å². The van der Waals surface area contributed by atoms with E-state index in [0.717, 1.165) is 12.8 Å². The number of esters is 1. The smallest absolute Gasteiger partial charge is 0.339 e. The molecule has 17 heavy (non-hydrogen) atoms. The minimum absolute atomic E-state index is 0.222. The third-order valence-electron chi connectivity index (χ3n) is 2.73. The molecule has 1 N–H and O–H groups in total. The van der Waals surface area contributed by atoms with Crippen LogP contribution in [0.15, 0.2) is 18.2 Å². The van der Waals surface area contributed by atoms with E-state index < -0.39 is 5.97 Å². The minimum Gasteiger partial charge on any atom is -0.465 e. The first kappa shape index (κ1) is 13.5. The van der Waals surface area contributed by atoms with Crippen LogP contribution in [0.2, 0.25) is 0 Å². The number of nitrogens with one attached hydrogen (secondary N) is 1. The number of anilines is 1. The quantitative estimate of drug-likeness (QED) is 0.802. The maximum Gasteiger partial charge on any atom is 0.339 e. The van der Waals surface area contributed by atoms with Crippen LogP contribution in [0.25, 0.3) is 0 Å². The Balaban J connectivity index is 3.02. The molecule has 4 heteroatoms. The highest BCUT2D eigenvalue weighted by Gasteiger charge is 2.14. The van der Waals surface area contributed by atoms with Crippen LogP contribution in [0.4, 0.5) is 10.1 Å². The number of ether oxygens (including phenoxy) is 1. The van der Waals surface area contributed by atoms with E-state index in [-0.39, 0.29) is 11.9 Å². The van der Waals surface area contributed by atoms with Crippen LogP contribution >= 0.6 is 0 Å². The monoisotopic (exact) mass is 239 g/mol. The van der Waals surface area contributed by atoms with E-state index in [2.05, 4.69) is 10.1 Å². The summed E-state index contributed by atoms with van der Waals surface area (Å²) in [6.07, 6.45) is 1.82. The zero-order valence-corrected chi connectivity index (χ0v) is 10.4. The van der Waals surface area contributed by atoms with E-state index in [9.17, 15) is 9.18 Å². The van der Waals surface area contributed by atoms with Gasteiger partial charge in [-0.1, -0.05) is 13.8 Å². The van der Waals surface area contributed by atoms with E-state index in [1.165, 1.54) is 25.3 Å². The van der Waals surface area contributed by atoms with Crippen molar-refractivity contribution in [2.24, 2.45) is 0 Å². The van der Waals surface area contributed by atoms with Gasteiger partial charge in [-0.3, -0.25) is 0 Å². The summed E-state index contributed by atoms with van der Waals surface area (Å²) in [6, 6.07) is 4.24. The zero-order chi connectivity index (χ0) is 12.8. The van der Waals surface area contributed by atoms with Gasteiger partial charge in [0.05, 0.1) is 18.4 Å². The Hall–Kier alpha value is -1.58. The predicted octanol–water partition coefficient (Wildman–Crippen LogP) is 3.21. The largest absolute Gasteiger partial charge is 0.465 e. The van der Waals surface area contributed by atoms with Crippen molar-refractivity contribution in [3.63, 3.8) is 0 Å². The maximum atomic E-state index is 13.2. The third kappa shape index (κ3) is 3.44. The van der Waals surface area contributed by atoms with Crippen molar-refractivity contribution in [2.45, 2.75) is 32.7 Å². The molecule has 0 heterocycles. The van der Waals surface area contributed by atoms with Crippen molar-refractivity contribution in [3.8, 4) is 0 Å². The van der Waals surface area contributed by atoms with E-state index in [0.29, 0.717) is 11.3 Å². The summed E-state index contributed by atoms with van der Waals surface area (Å²) in [4.78, 5) is 11.5. The van der Waals surface area contributed by atoms with Gasteiger partial charge in [-0.2, -0.15) is 0 Å². The molecule has 1 rings (SSSR count). The lowest BCUT2D eigenvalue weighted by Gasteiger charge is -2.18. The van der Waals surface area contributed by atoms with Gasteiger partial charge in [-0.05, 0) is 31.0 Å². The standard InChI is InChI=1S/C13H18FNO2/c1-4-10(5-2)15-12-8-9(14)6-7-11(12)13(16)17-3/h6-8,10,15H,4-5H2,1-3H3. The van der Waals surface area contributed by atoms with Crippen molar-refractivity contribution in [2.75, 3.05) is 12.4 Å². The number of hydrogen-bond acceptors (Lipinski definition) is 3. The molecule has 94 valence electrons. The molecule has 0 aliphatic heterocycles. The lowest BCUT2D eigenvalue weighted by atomic mass is 10.1. The lowest BCUT2D eigenvalue weighted by Crippen LogP contribution is -2.19. The fourth-order valence-electron chi connectivity index (χ4n) is 1.64. The van der Waals surface area contributed by atoms with Gasteiger partial charge < -0.3 is 10.1 Å². The molecular weight excluding hydrogens is 221 g/mol. The zero-order valence-electron chi connectivity index (χ0n) is 10.4. The van der Waals surface area contributed by atoms with Gasteiger partial charge in [0.2, 0.25) is 0 Å². The number of carbonyl (C=O) groups is 1. The number of halogens is 1. The van der Waals surface area contributed by atoms with E-state index in [1.807, 2.05) is 13.8 Å². The van der Waals surface area contributed by atoms with Crippen LogP contribution in [0.5, 0.6) is 0 Å². The second-order valence-corrected chi connectivity index (χ2v) is 3.84. The van der Waals surface area contributed by atoms with Crippen LogP contribution in [0.1, 0.15) is 37.0 Å². The van der Waals surface area contributed by atoms with Gasteiger partial charge in [0, 0.05) is 6.04 Å². The molecular formula is C13H18FNO2. The topological polar surface area (TPSA) is 38.3 Å². The molecule has 0 radical (unpaired) electrons. The molecule has 1 aromatic carbocycles. The minimum atomic E-state index is -0.460. The first-order valence-corrected chi connectivity index (χ1v) is 5.76. The van der Waals surface area contributed by atoms with Gasteiger partial charge in [0.15, 0.2) is 0 Å². The Morgan fingerprint density at radius 1 is 1.41 bits per heavy atom. The molecule has 0 unspecified atom stereocenters. The van der Waals surface area contributed by atoms with Crippen molar-refractivity contribution in [3.05, 3.63) is 29.6 Å². The summed E-state index contributed by atoms with van der Waals surface area (Å²) in [6.45, 7) is 4.08. The van der Waals surface area contributed by atoms with Crippen molar-refractivity contribution < 1.29 is 13.9 Å². The summed E-state index contributed by atoms with van der Waals surface area (Å²) in [5, 5.41) is 3.16. The Labute approximate surface area is 101 Å². The first-order valence-electron chi connectivity index (χ1n) is 5.76. The molecule has 3 nitrogen and oxygen atoms in total. The van der Waals surface area contributed by atoms with Crippen LogP contribution < -0.4 is 5.32 Å². The fraction of sp³-hybridized carbons (Fsp3) is 0.462. The Morgan fingerprint density at radius 2 is 2.06 bits per heavy atom. The van der Waals surface area contributed by atoms with E-state index >= 15 is 0 Å². The lowest BCUT2D eigenvalue weighted by molar-refractivity contribution is 0.0601. The molecule has 0 amide bonds. The summed E-state index contributed by atoms with van der Waals surface area (Å²) in [5.41, 5.74) is 0.853. The molecule has 0 fully saturated rings. The van der Waals surface area contributed by atoms with Crippen LogP contribution in [-0.4, -0.2) is 19.1 Å². The molecule has 0 aliphatic rings. The second kappa shape index (κ2) is 6.23. The number of hydrogen-bond donors (Lipinski definition) is 1. The van der Waals surface area contributed by atoms with Gasteiger partial charge >= 0.3 is 5.97 Å². The molecule has 0 aromatic heterocycles. The van der Waals surface area contributed by atoms with E-state index in [1.54, 1.807) is 0 Å². The van der Waals surface area contributed by atoms with Crippen molar-refractivity contribution in [1.82, 2.24) is 0 Å². The van der Waals surface area contributed by atoms with Gasteiger partial charge in [0.1, 0.15) is 5.82 Å². The molecule has 0 saturated heterocycles. The molecule has 0 spiro atoms. The molecule has 0 atom stereocenters. The van der Waals surface area contributed by atoms with Crippen molar-refractivity contribution in [1.29, 1.82) is 0 Å². The SMILES string of the molecule is CCC(CC)Nc1cc(F)ccc1C(=O)OC. The second-order valence-electron chi connectivity index (χ2n) is 3.84. The van der Waals surface area contributed by atoms with Crippen molar-refractivity contribution >= 4 is 11.7 Å². The predicted molar refractivity (Wildman–Crippen MR) is 65.7 cm³/mol. The highest BCUT2D eigenvalue weighted by atomic mass is 19.1. The maximum absolute atomic E-state index is 13.2. The average molecular weight is 239 g/mol. The molecule has 0 bridgehead atoms. The molecule has 1 aromatic rings. The number of methoxy groups -OCH3 is 1. The fourth-order valence-corrected chi connectivity index (χ4v) is 1.64. The summed E-state index contributed by atoms with van der Waals surface area (Å²) in [5.74, 6) is -0.829. The summed E-state index contributed by atoms with van der Waals surface area (Å²) < 4.78 is 17.8. The van der Waals surface area contributed by atoms with Gasteiger partial charge in [-0.15, -0.1) is 0 Å². The number of benzene rings is 1. The van der Waals surface area contributed by atoms with Gasteiger partial charge in [-0.25, -0.2) is 9.18 Å². The highest BCUT2D eigenvalue weighted by Crippen LogP contribution is 2.20. The van der Waals surface area contributed by atoms with E-state index in [4.69, 9.17) is 0 Å². The molecule has 0 aliphatic carbocycles. The Bertz CT molecular complexity index is 389. The van der Waals surface area contributed by atoms with Gasteiger partial charge in [0.25, 0.3) is 0 Å². The Morgan fingerprint density at radius 3 is 2.59 bits per heavy atom. The number of rotatable bonds is 5. The highest BCUT2D eigenvalue weighted by molar-refractivity contribution is 5.95. The number of carbonyl (C=O) groups excluding carboxylic acids is 1. The van der Waals surface area contributed by atoms with Crippen LogP contribution in [0, 0.1) is 5.82 Å². The third-order valence-corrected chi connectivity index (χ3v) is 2.73. The molecule has 0 saturated carbocycles. The average Bonchev–Trinajstić information content (AvgIpc) is 2.35. The summed E-state index contributed by atoms with van der Waals surface area (Å²) >= 11 is 0. The van der Waals surface area contributed by atoms with Crippen LogP contribution in [0.3, 0.4) is 0 Å². The first-order chi connectivity index (χ1) is 8.12.